The van der Waals surface area contributed by atoms with Crippen LogP contribution < -0.4 is 5.32 Å². The fraction of sp³-hybridized carbons (Fsp3) is 0.409. The maximum Gasteiger partial charge on any atom is 0.242 e. The molecule has 0 aromatic heterocycles. The van der Waals surface area contributed by atoms with Gasteiger partial charge in [-0.2, -0.15) is 0 Å². The summed E-state index contributed by atoms with van der Waals surface area (Å²) in [5.41, 5.74) is 1.88. The van der Waals surface area contributed by atoms with Crippen molar-refractivity contribution in [3.8, 4) is 0 Å². The molecule has 1 aliphatic heterocycles. The third kappa shape index (κ3) is 4.54. The molecule has 2 aromatic rings. The summed E-state index contributed by atoms with van der Waals surface area (Å²) in [6.07, 6.45) is 3.83. The van der Waals surface area contributed by atoms with Gasteiger partial charge >= 0.3 is 0 Å². The van der Waals surface area contributed by atoms with Gasteiger partial charge in [0.15, 0.2) is 5.79 Å². The molecule has 2 aliphatic rings. The zero-order valence-electron chi connectivity index (χ0n) is 15.3. The topological polar surface area (TPSA) is 47.6 Å². The van der Waals surface area contributed by atoms with Crippen LogP contribution in [0, 0.1) is 0 Å². The van der Waals surface area contributed by atoms with Crippen LogP contribution in [0.3, 0.4) is 0 Å². The van der Waals surface area contributed by atoms with E-state index in [9.17, 15) is 4.79 Å². The van der Waals surface area contributed by atoms with E-state index in [-0.39, 0.29) is 16.9 Å². The number of rotatable bonds is 5. The number of carbonyl (C=O) groups excluding carboxylic acids is 1. The molecule has 1 atom stereocenters. The molecule has 1 aliphatic carbocycles. The molecule has 1 N–H and O–H groups in total. The quantitative estimate of drug-likeness (QED) is 0.807. The van der Waals surface area contributed by atoms with Crippen LogP contribution in [0.1, 0.15) is 36.5 Å². The van der Waals surface area contributed by atoms with E-state index in [1.165, 1.54) is 0 Å². The lowest BCUT2D eigenvalue weighted by Gasteiger charge is -2.36. The van der Waals surface area contributed by atoms with Crippen LogP contribution in [-0.4, -0.2) is 30.2 Å². The highest BCUT2D eigenvalue weighted by atomic mass is 32.2. The molecule has 1 saturated heterocycles. The van der Waals surface area contributed by atoms with Gasteiger partial charge in [-0.05, 0) is 30.5 Å². The highest BCUT2D eigenvalue weighted by molar-refractivity contribution is 8.00. The number of ether oxygens (including phenoxy) is 2. The van der Waals surface area contributed by atoms with Crippen molar-refractivity contribution in [2.24, 2.45) is 0 Å². The first-order valence-electron chi connectivity index (χ1n) is 9.58. The average Bonchev–Trinajstić information content (AvgIpc) is 3.17. The van der Waals surface area contributed by atoms with E-state index in [4.69, 9.17) is 9.47 Å². The normalized spacial score (nSPS) is 20.4. The first kappa shape index (κ1) is 18.5. The van der Waals surface area contributed by atoms with Gasteiger partial charge in [0, 0.05) is 23.8 Å². The van der Waals surface area contributed by atoms with Crippen molar-refractivity contribution >= 4 is 23.4 Å². The smallest absolute Gasteiger partial charge is 0.242 e. The Morgan fingerprint density at radius 1 is 0.963 bits per heavy atom. The Labute approximate surface area is 164 Å². The lowest BCUT2D eigenvalue weighted by atomic mass is 9.94. The minimum Gasteiger partial charge on any atom is -0.348 e. The lowest BCUT2D eigenvalue weighted by molar-refractivity contribution is -0.175. The maximum absolute atomic E-state index is 13.1. The van der Waals surface area contributed by atoms with Gasteiger partial charge in [0.05, 0.1) is 13.2 Å². The van der Waals surface area contributed by atoms with Crippen LogP contribution in [0.2, 0.25) is 0 Å². The molecule has 1 heterocycles. The highest BCUT2D eigenvalue weighted by Crippen LogP contribution is 2.44. The molecule has 0 bridgehead atoms. The van der Waals surface area contributed by atoms with Gasteiger partial charge < -0.3 is 14.8 Å². The molecule has 1 spiro atoms. The maximum atomic E-state index is 13.1. The second kappa shape index (κ2) is 8.46. The monoisotopic (exact) mass is 383 g/mol. The van der Waals surface area contributed by atoms with Crippen molar-refractivity contribution in [1.29, 1.82) is 0 Å². The number of amides is 1. The molecule has 1 amide bonds. The fourth-order valence-corrected chi connectivity index (χ4v) is 5.18. The van der Waals surface area contributed by atoms with Crippen LogP contribution in [0.15, 0.2) is 60.7 Å². The summed E-state index contributed by atoms with van der Waals surface area (Å²) in [5, 5.41) is 3.27. The molecule has 2 fully saturated rings. The molecule has 142 valence electrons. The van der Waals surface area contributed by atoms with E-state index in [1.807, 2.05) is 60.7 Å². The standard InChI is InChI=1S/C22H25NO3S/c24-21(23-18-9-5-2-6-10-18)20(17-7-3-1-4-8-17)27-19-11-13-22(14-12-19)25-15-16-26-22/h1-10,19-20H,11-16H2,(H,23,24). The summed E-state index contributed by atoms with van der Waals surface area (Å²) in [4.78, 5) is 13.1. The van der Waals surface area contributed by atoms with Crippen LogP contribution >= 0.6 is 11.8 Å². The number of thioether (sulfide) groups is 1. The summed E-state index contributed by atoms with van der Waals surface area (Å²) in [7, 11) is 0. The van der Waals surface area contributed by atoms with Gasteiger partial charge in [-0.25, -0.2) is 0 Å². The summed E-state index contributed by atoms with van der Waals surface area (Å²) in [5.74, 6) is -0.322. The number of carbonyl (C=O) groups is 1. The molecular formula is C22H25NO3S. The van der Waals surface area contributed by atoms with Gasteiger partial charge in [0.2, 0.25) is 5.91 Å². The Hall–Kier alpha value is -1.82. The van der Waals surface area contributed by atoms with Crippen LogP contribution in [-0.2, 0) is 14.3 Å². The van der Waals surface area contributed by atoms with Crippen molar-refractivity contribution in [2.45, 2.75) is 42.0 Å². The Kier molecular flexibility index (Phi) is 5.81. The Balaban J connectivity index is 1.45. The van der Waals surface area contributed by atoms with Crippen molar-refractivity contribution in [1.82, 2.24) is 0 Å². The predicted molar refractivity (Wildman–Crippen MR) is 109 cm³/mol. The molecule has 4 rings (SSSR count). The average molecular weight is 384 g/mol. The van der Waals surface area contributed by atoms with Gasteiger partial charge in [-0.15, -0.1) is 11.8 Å². The summed E-state index contributed by atoms with van der Waals surface area (Å²) >= 11 is 1.77. The molecule has 27 heavy (non-hydrogen) atoms. The molecule has 0 radical (unpaired) electrons. The Morgan fingerprint density at radius 2 is 1.56 bits per heavy atom. The SMILES string of the molecule is O=C(Nc1ccccc1)C(SC1CCC2(CC1)OCCO2)c1ccccc1. The number of hydrogen-bond donors (Lipinski definition) is 1. The molecule has 2 aromatic carbocycles. The third-order valence-electron chi connectivity index (χ3n) is 5.22. The summed E-state index contributed by atoms with van der Waals surface area (Å²) in [6.45, 7) is 1.40. The molecular weight excluding hydrogens is 358 g/mol. The first-order chi connectivity index (χ1) is 13.2. The lowest BCUT2D eigenvalue weighted by Crippen LogP contribution is -2.36. The highest BCUT2D eigenvalue weighted by Gasteiger charge is 2.41. The fourth-order valence-electron chi connectivity index (χ4n) is 3.79. The summed E-state index contributed by atoms with van der Waals surface area (Å²) in [6, 6.07) is 19.7. The Morgan fingerprint density at radius 3 is 2.19 bits per heavy atom. The molecule has 4 nitrogen and oxygen atoms in total. The predicted octanol–water partition coefficient (Wildman–Crippen LogP) is 4.79. The third-order valence-corrected chi connectivity index (χ3v) is 6.83. The zero-order chi connectivity index (χ0) is 18.5. The van der Waals surface area contributed by atoms with Gasteiger partial charge in [0.1, 0.15) is 5.25 Å². The van der Waals surface area contributed by atoms with E-state index in [2.05, 4.69) is 5.32 Å². The summed E-state index contributed by atoms with van der Waals surface area (Å²) < 4.78 is 11.7. The van der Waals surface area contributed by atoms with Gasteiger partial charge in [-0.1, -0.05) is 48.5 Å². The van der Waals surface area contributed by atoms with Crippen LogP contribution in [0.25, 0.3) is 0 Å². The minimum absolute atomic E-state index is 0.0334. The molecule has 5 heteroatoms. The molecule has 1 saturated carbocycles. The van der Waals surface area contributed by atoms with Crippen molar-refractivity contribution in [2.75, 3.05) is 18.5 Å². The van der Waals surface area contributed by atoms with Crippen molar-refractivity contribution in [3.05, 3.63) is 66.2 Å². The van der Waals surface area contributed by atoms with Gasteiger partial charge in [-0.3, -0.25) is 4.79 Å². The van der Waals surface area contributed by atoms with Crippen molar-refractivity contribution in [3.63, 3.8) is 0 Å². The van der Waals surface area contributed by atoms with E-state index in [1.54, 1.807) is 11.8 Å². The van der Waals surface area contributed by atoms with E-state index < -0.39 is 0 Å². The second-order valence-corrected chi connectivity index (χ2v) is 8.50. The van der Waals surface area contributed by atoms with E-state index >= 15 is 0 Å². The number of anilines is 1. The minimum atomic E-state index is -0.356. The zero-order valence-corrected chi connectivity index (χ0v) is 16.1. The van der Waals surface area contributed by atoms with Crippen LogP contribution in [0.4, 0.5) is 5.69 Å². The molecule has 1 unspecified atom stereocenters. The number of para-hydroxylation sites is 1. The first-order valence-corrected chi connectivity index (χ1v) is 10.5. The largest absolute Gasteiger partial charge is 0.348 e. The van der Waals surface area contributed by atoms with E-state index in [0.717, 1.165) is 36.9 Å². The second-order valence-electron chi connectivity index (χ2n) is 7.09. The Bertz CT molecular complexity index is 737. The van der Waals surface area contributed by atoms with Crippen molar-refractivity contribution < 1.29 is 14.3 Å². The number of hydrogen-bond acceptors (Lipinski definition) is 4. The van der Waals surface area contributed by atoms with Gasteiger partial charge in [0.25, 0.3) is 0 Å². The number of benzene rings is 2. The van der Waals surface area contributed by atoms with E-state index in [0.29, 0.717) is 18.5 Å². The number of nitrogens with one attached hydrogen (secondary N) is 1. The van der Waals surface area contributed by atoms with Crippen LogP contribution in [0.5, 0.6) is 0 Å².